The molecular weight excluding hydrogens is 292 g/mol. The maximum Gasteiger partial charge on any atom is 0.220 e. The molecule has 0 bridgehead atoms. The van der Waals surface area contributed by atoms with Gasteiger partial charge in [-0.2, -0.15) is 0 Å². The molecule has 3 nitrogen and oxygen atoms in total. The van der Waals surface area contributed by atoms with Gasteiger partial charge in [-0.25, -0.2) is 0 Å². The Hall–Kier alpha value is -1.00. The molecule has 1 aliphatic rings. The second-order valence-corrected chi connectivity index (χ2v) is 8.07. The van der Waals surface area contributed by atoms with Gasteiger partial charge in [0.2, 0.25) is 5.91 Å². The molecule has 1 amide bonds. The molecule has 2 N–H and O–H groups in total. The van der Waals surface area contributed by atoms with Gasteiger partial charge in [0, 0.05) is 16.6 Å². The zero-order chi connectivity index (χ0) is 15.9. The molecule has 0 spiro atoms. The van der Waals surface area contributed by atoms with E-state index in [1.165, 1.54) is 16.9 Å². The molecule has 4 heteroatoms. The Bertz CT molecular complexity index is 466. The fraction of sp³-hybridized carbons (Fsp3) is 0.611. The molecule has 22 heavy (non-hydrogen) atoms. The van der Waals surface area contributed by atoms with Crippen LogP contribution in [0, 0.1) is 5.92 Å². The monoisotopic (exact) mass is 320 g/mol. The Kier molecular flexibility index (Phi) is 6.77. The SMILES string of the molecule is CC(C)Sc1ccc(C(C)NC(=O)CCC2CCNC2)cc1. The van der Waals surface area contributed by atoms with Crippen molar-refractivity contribution in [2.45, 2.75) is 56.2 Å². The number of rotatable bonds is 7. The van der Waals surface area contributed by atoms with E-state index in [0.717, 1.165) is 19.5 Å². The van der Waals surface area contributed by atoms with Crippen molar-refractivity contribution in [2.24, 2.45) is 5.92 Å². The molecule has 1 aromatic rings. The molecule has 2 atom stereocenters. The van der Waals surface area contributed by atoms with E-state index in [1.54, 1.807) is 0 Å². The van der Waals surface area contributed by atoms with Crippen LogP contribution in [0.3, 0.4) is 0 Å². The zero-order valence-corrected chi connectivity index (χ0v) is 14.7. The number of amides is 1. The lowest BCUT2D eigenvalue weighted by molar-refractivity contribution is -0.122. The van der Waals surface area contributed by atoms with Crippen LogP contribution in [0.5, 0.6) is 0 Å². The van der Waals surface area contributed by atoms with E-state index in [0.29, 0.717) is 17.6 Å². The van der Waals surface area contributed by atoms with Crippen molar-refractivity contribution in [3.63, 3.8) is 0 Å². The third-order valence-electron chi connectivity index (χ3n) is 4.07. The van der Waals surface area contributed by atoms with Crippen LogP contribution in [0.25, 0.3) is 0 Å². The lowest BCUT2D eigenvalue weighted by Gasteiger charge is -2.16. The maximum absolute atomic E-state index is 12.1. The first kappa shape index (κ1) is 17.4. The second-order valence-electron chi connectivity index (χ2n) is 6.42. The second kappa shape index (κ2) is 8.59. The standard InChI is InChI=1S/C18H28N2OS/c1-13(2)22-17-7-5-16(6-8-17)14(3)20-18(21)9-4-15-10-11-19-12-15/h5-8,13-15,19H,4,9-12H2,1-3H3,(H,20,21). The molecule has 1 heterocycles. The Morgan fingerprint density at radius 2 is 2.05 bits per heavy atom. The summed E-state index contributed by atoms with van der Waals surface area (Å²) in [5, 5.41) is 7.05. The van der Waals surface area contributed by atoms with Gasteiger partial charge in [0.15, 0.2) is 0 Å². The largest absolute Gasteiger partial charge is 0.350 e. The van der Waals surface area contributed by atoms with E-state index in [2.05, 4.69) is 55.7 Å². The van der Waals surface area contributed by atoms with Crippen LogP contribution in [0.4, 0.5) is 0 Å². The highest BCUT2D eigenvalue weighted by Gasteiger charge is 2.16. The summed E-state index contributed by atoms with van der Waals surface area (Å²) in [4.78, 5) is 13.3. The van der Waals surface area contributed by atoms with Crippen molar-refractivity contribution in [3.8, 4) is 0 Å². The number of benzene rings is 1. The number of nitrogens with one attached hydrogen (secondary N) is 2. The normalized spacial score (nSPS) is 19.4. The Labute approximate surface area is 138 Å². The van der Waals surface area contributed by atoms with E-state index >= 15 is 0 Å². The molecule has 122 valence electrons. The fourth-order valence-electron chi connectivity index (χ4n) is 2.80. The van der Waals surface area contributed by atoms with Crippen molar-refractivity contribution in [1.29, 1.82) is 0 Å². The Morgan fingerprint density at radius 1 is 1.32 bits per heavy atom. The lowest BCUT2D eigenvalue weighted by Crippen LogP contribution is -2.27. The summed E-state index contributed by atoms with van der Waals surface area (Å²) in [7, 11) is 0. The van der Waals surface area contributed by atoms with E-state index in [-0.39, 0.29) is 11.9 Å². The Morgan fingerprint density at radius 3 is 2.64 bits per heavy atom. The van der Waals surface area contributed by atoms with Gasteiger partial charge in [0.25, 0.3) is 0 Å². The van der Waals surface area contributed by atoms with Gasteiger partial charge >= 0.3 is 0 Å². The topological polar surface area (TPSA) is 41.1 Å². The van der Waals surface area contributed by atoms with E-state index in [1.807, 2.05) is 11.8 Å². The first-order valence-corrected chi connectivity index (χ1v) is 9.19. The van der Waals surface area contributed by atoms with E-state index in [9.17, 15) is 4.79 Å². The highest BCUT2D eigenvalue weighted by molar-refractivity contribution is 7.99. The third kappa shape index (κ3) is 5.65. The summed E-state index contributed by atoms with van der Waals surface area (Å²) in [6.45, 7) is 8.61. The molecule has 2 unspecified atom stereocenters. The Balaban J connectivity index is 1.77. The zero-order valence-electron chi connectivity index (χ0n) is 13.9. The third-order valence-corrected chi connectivity index (χ3v) is 5.09. The van der Waals surface area contributed by atoms with Crippen molar-refractivity contribution in [1.82, 2.24) is 10.6 Å². The van der Waals surface area contributed by atoms with Crippen molar-refractivity contribution >= 4 is 17.7 Å². The number of thioether (sulfide) groups is 1. The van der Waals surface area contributed by atoms with Crippen LogP contribution in [0.15, 0.2) is 29.2 Å². The number of hydrogen-bond acceptors (Lipinski definition) is 3. The van der Waals surface area contributed by atoms with Crippen molar-refractivity contribution < 1.29 is 4.79 Å². The summed E-state index contributed by atoms with van der Waals surface area (Å²) in [5.74, 6) is 0.841. The van der Waals surface area contributed by atoms with Gasteiger partial charge in [0.05, 0.1) is 6.04 Å². The highest BCUT2D eigenvalue weighted by atomic mass is 32.2. The van der Waals surface area contributed by atoms with Gasteiger partial charge in [-0.1, -0.05) is 26.0 Å². The van der Waals surface area contributed by atoms with Gasteiger partial charge in [-0.3, -0.25) is 4.79 Å². The van der Waals surface area contributed by atoms with Crippen LogP contribution in [0.2, 0.25) is 0 Å². The predicted molar refractivity (Wildman–Crippen MR) is 94.2 cm³/mol. The molecule has 2 rings (SSSR count). The summed E-state index contributed by atoms with van der Waals surface area (Å²) < 4.78 is 0. The van der Waals surface area contributed by atoms with Gasteiger partial charge in [-0.15, -0.1) is 11.8 Å². The molecular formula is C18H28N2OS. The minimum absolute atomic E-state index is 0.0762. The smallest absolute Gasteiger partial charge is 0.220 e. The van der Waals surface area contributed by atoms with E-state index < -0.39 is 0 Å². The van der Waals surface area contributed by atoms with Crippen LogP contribution in [0.1, 0.15) is 51.6 Å². The fourth-order valence-corrected chi connectivity index (χ4v) is 3.64. The molecule has 0 aliphatic carbocycles. The average molecular weight is 321 g/mol. The minimum atomic E-state index is 0.0762. The maximum atomic E-state index is 12.1. The molecule has 1 aromatic carbocycles. The van der Waals surface area contributed by atoms with Gasteiger partial charge in [0.1, 0.15) is 0 Å². The number of carbonyl (C=O) groups excluding carboxylic acids is 1. The highest BCUT2D eigenvalue weighted by Crippen LogP contribution is 2.24. The first-order valence-electron chi connectivity index (χ1n) is 8.31. The lowest BCUT2D eigenvalue weighted by atomic mass is 10.0. The molecule has 0 radical (unpaired) electrons. The van der Waals surface area contributed by atoms with Crippen LogP contribution < -0.4 is 10.6 Å². The number of hydrogen-bond donors (Lipinski definition) is 2. The van der Waals surface area contributed by atoms with Gasteiger partial charge < -0.3 is 10.6 Å². The minimum Gasteiger partial charge on any atom is -0.350 e. The van der Waals surface area contributed by atoms with Crippen LogP contribution in [-0.2, 0) is 4.79 Å². The van der Waals surface area contributed by atoms with Crippen molar-refractivity contribution in [2.75, 3.05) is 13.1 Å². The summed E-state index contributed by atoms with van der Waals surface area (Å²) in [6, 6.07) is 8.61. The van der Waals surface area contributed by atoms with Crippen LogP contribution in [-0.4, -0.2) is 24.2 Å². The van der Waals surface area contributed by atoms with Gasteiger partial charge in [-0.05, 0) is 56.5 Å². The van der Waals surface area contributed by atoms with Crippen molar-refractivity contribution in [3.05, 3.63) is 29.8 Å². The molecule has 1 saturated heterocycles. The summed E-state index contributed by atoms with van der Waals surface area (Å²) in [6.07, 6.45) is 2.84. The quantitative estimate of drug-likeness (QED) is 0.752. The molecule has 0 aromatic heterocycles. The molecule has 0 saturated carbocycles. The molecule has 1 fully saturated rings. The number of carbonyl (C=O) groups is 1. The average Bonchev–Trinajstić information content (AvgIpc) is 2.98. The molecule has 1 aliphatic heterocycles. The van der Waals surface area contributed by atoms with Crippen LogP contribution >= 0.6 is 11.8 Å². The van der Waals surface area contributed by atoms with E-state index in [4.69, 9.17) is 0 Å². The summed E-state index contributed by atoms with van der Waals surface area (Å²) >= 11 is 1.86. The predicted octanol–water partition coefficient (Wildman–Crippen LogP) is 3.75. The summed E-state index contributed by atoms with van der Waals surface area (Å²) in [5.41, 5.74) is 1.17. The first-order chi connectivity index (χ1) is 10.5.